The number of nitrogens with one attached hydrogen (secondary N) is 1. The van der Waals surface area contributed by atoms with Crippen LogP contribution < -0.4 is 4.72 Å². The predicted octanol–water partition coefficient (Wildman–Crippen LogP) is 2.77. The highest BCUT2D eigenvalue weighted by Gasteiger charge is 2.47. The van der Waals surface area contributed by atoms with Crippen LogP contribution >= 0.6 is 0 Å². The van der Waals surface area contributed by atoms with Crippen LogP contribution in [0.1, 0.15) is 40.0 Å². The molecular formula is C10H18F3NOS. The third kappa shape index (κ3) is 3.45. The summed E-state index contributed by atoms with van der Waals surface area (Å²) in [5.41, 5.74) is 0. The molecular weight excluding hydrogens is 239 g/mol. The lowest BCUT2D eigenvalue weighted by Gasteiger charge is -2.36. The summed E-state index contributed by atoms with van der Waals surface area (Å²) >= 11 is 0. The zero-order valence-corrected chi connectivity index (χ0v) is 10.5. The number of rotatable bonds is 3. The van der Waals surface area contributed by atoms with Crippen molar-refractivity contribution in [2.75, 3.05) is 0 Å². The van der Waals surface area contributed by atoms with Gasteiger partial charge < -0.3 is 0 Å². The Morgan fingerprint density at radius 1 is 1.25 bits per heavy atom. The van der Waals surface area contributed by atoms with E-state index in [-0.39, 0.29) is 0 Å². The Morgan fingerprint density at radius 3 is 2.00 bits per heavy atom. The zero-order valence-electron chi connectivity index (χ0n) is 9.73. The standard InChI is InChI=1S/C10H18F3NOS/c1-9(2,3)16(15)14-8(10(11,12)13)7-5-4-6-7/h7-8,14H,4-6H2,1-3H3/t8-,16+/m0/s1. The summed E-state index contributed by atoms with van der Waals surface area (Å²) in [5.74, 6) is -0.411. The smallest absolute Gasteiger partial charge is 0.242 e. The summed E-state index contributed by atoms with van der Waals surface area (Å²) in [4.78, 5) is 0. The molecule has 0 aromatic heterocycles. The number of halogens is 3. The first-order chi connectivity index (χ1) is 7.12. The molecule has 1 aliphatic carbocycles. The van der Waals surface area contributed by atoms with Gasteiger partial charge in [-0.05, 0) is 39.5 Å². The Balaban J connectivity index is 2.68. The van der Waals surface area contributed by atoms with Crippen molar-refractivity contribution in [3.8, 4) is 0 Å². The molecule has 1 saturated carbocycles. The van der Waals surface area contributed by atoms with Crippen LogP contribution in [0.2, 0.25) is 0 Å². The Labute approximate surface area is 96.6 Å². The van der Waals surface area contributed by atoms with Crippen molar-refractivity contribution in [1.29, 1.82) is 0 Å². The van der Waals surface area contributed by atoms with Gasteiger partial charge in [-0.15, -0.1) is 0 Å². The average Bonchev–Trinajstić information content (AvgIpc) is 1.95. The molecule has 6 heteroatoms. The van der Waals surface area contributed by atoms with E-state index < -0.39 is 33.9 Å². The van der Waals surface area contributed by atoms with Gasteiger partial charge in [0.25, 0.3) is 0 Å². The Morgan fingerprint density at radius 2 is 1.75 bits per heavy atom. The van der Waals surface area contributed by atoms with Gasteiger partial charge in [0.15, 0.2) is 0 Å². The van der Waals surface area contributed by atoms with Crippen LogP contribution in [0.25, 0.3) is 0 Å². The fourth-order valence-electron chi connectivity index (χ4n) is 1.50. The summed E-state index contributed by atoms with van der Waals surface area (Å²) < 4.78 is 51.5. The fourth-order valence-corrected chi connectivity index (χ4v) is 2.41. The molecule has 1 rings (SSSR count). The second-order valence-corrected chi connectivity index (χ2v) is 7.21. The molecule has 0 aromatic rings. The van der Waals surface area contributed by atoms with Crippen molar-refractivity contribution in [1.82, 2.24) is 4.72 Å². The van der Waals surface area contributed by atoms with Gasteiger partial charge in [0.05, 0.1) is 15.7 Å². The van der Waals surface area contributed by atoms with Gasteiger partial charge in [0, 0.05) is 0 Å². The van der Waals surface area contributed by atoms with Gasteiger partial charge in [-0.1, -0.05) is 6.42 Å². The molecule has 0 aromatic carbocycles. The summed E-state index contributed by atoms with van der Waals surface area (Å²) in [6.07, 6.45) is -2.34. The normalized spacial score (nSPS) is 22.6. The summed E-state index contributed by atoms with van der Waals surface area (Å²) in [7, 11) is -1.67. The molecule has 0 bridgehead atoms. The first-order valence-corrected chi connectivity index (χ1v) is 6.52. The van der Waals surface area contributed by atoms with E-state index in [4.69, 9.17) is 0 Å². The molecule has 0 aliphatic heterocycles. The van der Waals surface area contributed by atoms with Gasteiger partial charge in [-0.25, -0.2) is 8.93 Å². The number of alkyl halides is 3. The van der Waals surface area contributed by atoms with E-state index in [0.717, 1.165) is 6.42 Å². The van der Waals surface area contributed by atoms with E-state index in [1.165, 1.54) is 0 Å². The van der Waals surface area contributed by atoms with Crippen molar-refractivity contribution in [3.63, 3.8) is 0 Å². The first-order valence-electron chi connectivity index (χ1n) is 5.37. The van der Waals surface area contributed by atoms with Gasteiger partial charge in [-0.3, -0.25) is 0 Å². The maximum atomic E-state index is 12.7. The molecule has 96 valence electrons. The molecule has 0 radical (unpaired) electrons. The van der Waals surface area contributed by atoms with E-state index in [9.17, 15) is 17.4 Å². The monoisotopic (exact) mass is 257 g/mol. The zero-order chi connectivity index (χ0) is 12.6. The van der Waals surface area contributed by atoms with Crippen molar-refractivity contribution < 1.29 is 17.4 Å². The van der Waals surface area contributed by atoms with Crippen LogP contribution in [0, 0.1) is 5.92 Å². The Kier molecular flexibility index (Phi) is 4.05. The minimum Gasteiger partial charge on any atom is -0.242 e. The highest BCUT2D eigenvalue weighted by Crippen LogP contribution is 2.37. The maximum absolute atomic E-state index is 12.7. The Hall–Kier alpha value is -0.100. The van der Waals surface area contributed by atoms with E-state index >= 15 is 0 Å². The lowest BCUT2D eigenvalue weighted by Crippen LogP contribution is -2.53. The van der Waals surface area contributed by atoms with Crippen LogP contribution in [0.5, 0.6) is 0 Å². The molecule has 2 atom stereocenters. The summed E-state index contributed by atoms with van der Waals surface area (Å²) in [6, 6.07) is -1.62. The van der Waals surface area contributed by atoms with E-state index in [1.807, 2.05) is 0 Å². The van der Waals surface area contributed by atoms with Gasteiger partial charge in [0.2, 0.25) is 0 Å². The minimum atomic E-state index is -4.31. The second kappa shape index (κ2) is 4.64. The highest BCUT2D eigenvalue weighted by molar-refractivity contribution is 7.84. The topological polar surface area (TPSA) is 29.1 Å². The second-order valence-electron chi connectivity index (χ2n) is 5.21. The summed E-state index contributed by atoms with van der Waals surface area (Å²) in [5, 5.41) is 0. The molecule has 0 unspecified atom stereocenters. The van der Waals surface area contributed by atoms with Crippen molar-refractivity contribution >= 4 is 11.0 Å². The largest absolute Gasteiger partial charge is 0.405 e. The van der Waals surface area contributed by atoms with Crippen molar-refractivity contribution in [2.45, 2.75) is 57.0 Å². The molecule has 2 nitrogen and oxygen atoms in total. The van der Waals surface area contributed by atoms with Crippen LogP contribution in [-0.4, -0.2) is 21.2 Å². The first kappa shape index (κ1) is 14.0. The Bertz CT molecular complexity index is 268. The molecule has 1 fully saturated rings. The number of hydrogen-bond acceptors (Lipinski definition) is 1. The van der Waals surface area contributed by atoms with Crippen LogP contribution in [0.4, 0.5) is 13.2 Å². The maximum Gasteiger partial charge on any atom is 0.405 e. The third-order valence-electron chi connectivity index (χ3n) is 2.76. The molecule has 0 saturated heterocycles. The van der Waals surface area contributed by atoms with Gasteiger partial charge in [-0.2, -0.15) is 13.2 Å². The van der Waals surface area contributed by atoms with Crippen LogP contribution in [0.3, 0.4) is 0 Å². The molecule has 1 N–H and O–H groups in total. The van der Waals surface area contributed by atoms with Crippen molar-refractivity contribution in [3.05, 3.63) is 0 Å². The number of hydrogen-bond donors (Lipinski definition) is 1. The molecule has 0 spiro atoms. The minimum absolute atomic E-state index is 0.411. The van der Waals surface area contributed by atoms with Crippen LogP contribution in [-0.2, 0) is 11.0 Å². The van der Waals surface area contributed by atoms with Crippen molar-refractivity contribution in [2.24, 2.45) is 5.92 Å². The SMILES string of the molecule is CC(C)(C)[S@@](=O)N[C@@H](C1CCC1)C(F)(F)F. The van der Waals surface area contributed by atoms with Gasteiger partial charge in [0.1, 0.15) is 6.04 Å². The molecule has 0 amide bonds. The predicted molar refractivity (Wildman–Crippen MR) is 58.2 cm³/mol. The van der Waals surface area contributed by atoms with Gasteiger partial charge >= 0.3 is 6.18 Å². The average molecular weight is 257 g/mol. The third-order valence-corrected chi connectivity index (χ3v) is 4.34. The van der Waals surface area contributed by atoms with Crippen LogP contribution in [0.15, 0.2) is 0 Å². The van der Waals surface area contributed by atoms with E-state index in [0.29, 0.717) is 12.8 Å². The quantitative estimate of drug-likeness (QED) is 0.827. The van der Waals surface area contributed by atoms with E-state index in [2.05, 4.69) is 4.72 Å². The lowest BCUT2D eigenvalue weighted by molar-refractivity contribution is -0.168. The highest BCUT2D eigenvalue weighted by atomic mass is 32.2. The van der Waals surface area contributed by atoms with E-state index in [1.54, 1.807) is 20.8 Å². The molecule has 1 aliphatic rings. The lowest BCUT2D eigenvalue weighted by atomic mass is 9.80. The molecule has 0 heterocycles. The summed E-state index contributed by atoms with van der Waals surface area (Å²) in [6.45, 7) is 4.97. The molecule has 16 heavy (non-hydrogen) atoms. The fraction of sp³-hybridized carbons (Fsp3) is 1.00.